The first-order valence-corrected chi connectivity index (χ1v) is 5.68. The van der Waals surface area contributed by atoms with E-state index >= 15 is 0 Å². The highest BCUT2D eigenvalue weighted by Crippen LogP contribution is 2.17. The Hall–Kier alpha value is -0.610. The summed E-state index contributed by atoms with van der Waals surface area (Å²) in [5, 5.41) is 8.85. The molecule has 88 valence electrons. The predicted octanol–water partition coefficient (Wildman–Crippen LogP) is 0.310. The van der Waals surface area contributed by atoms with E-state index in [4.69, 9.17) is 5.11 Å². The molecule has 1 amide bonds. The summed E-state index contributed by atoms with van der Waals surface area (Å²) in [6.07, 6.45) is 1.03. The van der Waals surface area contributed by atoms with Crippen molar-refractivity contribution in [2.45, 2.75) is 39.3 Å². The van der Waals surface area contributed by atoms with Crippen molar-refractivity contribution in [3.05, 3.63) is 0 Å². The number of amides is 1. The molecular weight excluding hydrogens is 192 g/mol. The lowest BCUT2D eigenvalue weighted by molar-refractivity contribution is -0.132. The molecule has 0 bridgehead atoms. The van der Waals surface area contributed by atoms with Crippen LogP contribution in [0.2, 0.25) is 0 Å². The van der Waals surface area contributed by atoms with E-state index in [9.17, 15) is 4.79 Å². The second-order valence-electron chi connectivity index (χ2n) is 4.49. The number of hydrogen-bond donors (Lipinski definition) is 1. The van der Waals surface area contributed by atoms with Gasteiger partial charge in [-0.2, -0.15) is 0 Å². The summed E-state index contributed by atoms with van der Waals surface area (Å²) in [5.41, 5.74) is 0. The van der Waals surface area contributed by atoms with Crippen LogP contribution in [0.3, 0.4) is 0 Å². The zero-order valence-electron chi connectivity index (χ0n) is 9.94. The molecule has 0 aliphatic carbocycles. The van der Waals surface area contributed by atoms with Crippen molar-refractivity contribution in [2.75, 3.05) is 26.2 Å². The van der Waals surface area contributed by atoms with Crippen LogP contribution in [0, 0.1) is 0 Å². The predicted molar refractivity (Wildman–Crippen MR) is 59.6 cm³/mol. The zero-order chi connectivity index (χ0) is 11.4. The van der Waals surface area contributed by atoms with E-state index in [1.807, 2.05) is 4.90 Å². The molecule has 1 N–H and O–H groups in total. The lowest BCUT2D eigenvalue weighted by Crippen LogP contribution is -2.45. The molecule has 1 rings (SSSR count). The topological polar surface area (TPSA) is 43.8 Å². The van der Waals surface area contributed by atoms with Crippen LogP contribution in [-0.4, -0.2) is 59.1 Å². The summed E-state index contributed by atoms with van der Waals surface area (Å²) in [5.74, 6) is 0.154. The van der Waals surface area contributed by atoms with Crippen LogP contribution in [0.15, 0.2) is 0 Å². The normalized spacial score (nSPS) is 22.3. The van der Waals surface area contributed by atoms with E-state index in [1.165, 1.54) is 0 Å². The molecule has 0 saturated carbocycles. The maximum absolute atomic E-state index is 11.5. The van der Waals surface area contributed by atoms with Crippen LogP contribution >= 0.6 is 0 Å². The lowest BCUT2D eigenvalue weighted by Gasteiger charge is -2.31. The van der Waals surface area contributed by atoms with Gasteiger partial charge in [0.15, 0.2) is 0 Å². The molecule has 1 fully saturated rings. The van der Waals surface area contributed by atoms with E-state index in [2.05, 4.69) is 18.7 Å². The van der Waals surface area contributed by atoms with Gasteiger partial charge in [-0.1, -0.05) is 0 Å². The molecule has 0 spiro atoms. The van der Waals surface area contributed by atoms with Gasteiger partial charge in [-0.05, 0) is 20.3 Å². The number of carbonyl (C=O) groups is 1. The minimum absolute atomic E-state index is 0.154. The molecule has 0 aromatic heterocycles. The van der Waals surface area contributed by atoms with Crippen molar-refractivity contribution in [3.8, 4) is 0 Å². The van der Waals surface area contributed by atoms with Crippen LogP contribution in [0.25, 0.3) is 0 Å². The summed E-state index contributed by atoms with van der Waals surface area (Å²) in [4.78, 5) is 15.7. The SMILES string of the molecule is CC(=O)N(C(C)C)[C@@H]1CCN(CCO)C1. The number of nitrogens with zero attached hydrogens (tertiary/aromatic N) is 2. The number of likely N-dealkylation sites (tertiary alicyclic amines) is 1. The fourth-order valence-electron chi connectivity index (χ4n) is 2.43. The molecule has 1 aliphatic heterocycles. The molecule has 15 heavy (non-hydrogen) atoms. The zero-order valence-corrected chi connectivity index (χ0v) is 9.94. The van der Waals surface area contributed by atoms with Crippen molar-refractivity contribution in [3.63, 3.8) is 0 Å². The molecule has 1 saturated heterocycles. The summed E-state index contributed by atoms with van der Waals surface area (Å²) < 4.78 is 0. The van der Waals surface area contributed by atoms with Gasteiger partial charge in [0, 0.05) is 38.6 Å². The van der Waals surface area contributed by atoms with Crippen LogP contribution in [-0.2, 0) is 4.79 Å². The van der Waals surface area contributed by atoms with Crippen molar-refractivity contribution in [2.24, 2.45) is 0 Å². The quantitative estimate of drug-likeness (QED) is 0.732. The van der Waals surface area contributed by atoms with Crippen molar-refractivity contribution in [1.82, 2.24) is 9.80 Å². The Labute approximate surface area is 91.9 Å². The first-order valence-electron chi connectivity index (χ1n) is 5.68. The van der Waals surface area contributed by atoms with E-state index in [1.54, 1.807) is 6.92 Å². The molecule has 0 radical (unpaired) electrons. The number of aliphatic hydroxyl groups is 1. The second kappa shape index (κ2) is 5.47. The van der Waals surface area contributed by atoms with Crippen LogP contribution in [0.4, 0.5) is 0 Å². The van der Waals surface area contributed by atoms with E-state index in [0.29, 0.717) is 6.04 Å². The highest BCUT2D eigenvalue weighted by Gasteiger charge is 2.30. The molecule has 1 atom stereocenters. The Balaban J connectivity index is 2.53. The molecule has 1 aliphatic rings. The van der Waals surface area contributed by atoms with Crippen molar-refractivity contribution in [1.29, 1.82) is 0 Å². The lowest BCUT2D eigenvalue weighted by atomic mass is 10.1. The summed E-state index contributed by atoms with van der Waals surface area (Å²) in [7, 11) is 0. The number of aliphatic hydroxyl groups excluding tert-OH is 1. The third kappa shape index (κ3) is 3.18. The fraction of sp³-hybridized carbons (Fsp3) is 0.909. The Morgan fingerprint density at radius 3 is 2.73 bits per heavy atom. The minimum Gasteiger partial charge on any atom is -0.395 e. The van der Waals surface area contributed by atoms with Gasteiger partial charge in [-0.3, -0.25) is 9.69 Å². The third-order valence-electron chi connectivity index (χ3n) is 2.98. The Morgan fingerprint density at radius 1 is 1.60 bits per heavy atom. The first-order chi connectivity index (χ1) is 7.06. The van der Waals surface area contributed by atoms with Crippen molar-refractivity contribution < 1.29 is 9.90 Å². The van der Waals surface area contributed by atoms with Gasteiger partial charge >= 0.3 is 0 Å². The van der Waals surface area contributed by atoms with Crippen LogP contribution in [0.5, 0.6) is 0 Å². The first kappa shape index (κ1) is 12.5. The highest BCUT2D eigenvalue weighted by molar-refractivity contribution is 5.74. The highest BCUT2D eigenvalue weighted by atomic mass is 16.3. The average molecular weight is 214 g/mol. The molecule has 4 nitrogen and oxygen atoms in total. The van der Waals surface area contributed by atoms with Gasteiger partial charge < -0.3 is 10.0 Å². The monoisotopic (exact) mass is 214 g/mol. The van der Waals surface area contributed by atoms with Gasteiger partial charge in [0.1, 0.15) is 0 Å². The third-order valence-corrected chi connectivity index (χ3v) is 2.98. The summed E-state index contributed by atoms with van der Waals surface area (Å²) in [6.45, 7) is 8.55. The number of carbonyl (C=O) groups excluding carboxylic acids is 1. The maximum atomic E-state index is 11.5. The molecule has 1 heterocycles. The van der Waals surface area contributed by atoms with E-state index in [-0.39, 0.29) is 18.6 Å². The Bertz CT molecular complexity index is 219. The largest absolute Gasteiger partial charge is 0.395 e. The number of rotatable bonds is 4. The van der Waals surface area contributed by atoms with E-state index < -0.39 is 0 Å². The molecular formula is C11H22N2O2. The smallest absolute Gasteiger partial charge is 0.219 e. The molecule has 0 aromatic carbocycles. The van der Waals surface area contributed by atoms with Gasteiger partial charge in [0.2, 0.25) is 5.91 Å². The standard InChI is InChI=1S/C11H22N2O2/c1-9(2)13(10(3)15)11-4-5-12(8-11)6-7-14/h9,11,14H,4-8H2,1-3H3/t11-/m1/s1. The Kier molecular flexibility index (Phi) is 4.54. The van der Waals surface area contributed by atoms with Crippen LogP contribution < -0.4 is 0 Å². The molecule has 4 heteroatoms. The summed E-state index contributed by atoms with van der Waals surface area (Å²) >= 11 is 0. The van der Waals surface area contributed by atoms with Gasteiger partial charge in [0.05, 0.1) is 6.61 Å². The fourth-order valence-corrected chi connectivity index (χ4v) is 2.43. The number of β-amino-alcohol motifs (C(OH)–C–C–N with tert-alkyl or cyclic N) is 1. The van der Waals surface area contributed by atoms with Gasteiger partial charge in [-0.15, -0.1) is 0 Å². The van der Waals surface area contributed by atoms with E-state index in [0.717, 1.165) is 26.1 Å². The number of hydrogen-bond acceptors (Lipinski definition) is 3. The van der Waals surface area contributed by atoms with Gasteiger partial charge in [-0.25, -0.2) is 0 Å². The van der Waals surface area contributed by atoms with Crippen molar-refractivity contribution >= 4 is 5.91 Å². The molecule has 0 unspecified atom stereocenters. The second-order valence-corrected chi connectivity index (χ2v) is 4.49. The minimum atomic E-state index is 0.154. The Morgan fingerprint density at radius 2 is 2.27 bits per heavy atom. The maximum Gasteiger partial charge on any atom is 0.219 e. The van der Waals surface area contributed by atoms with Gasteiger partial charge in [0.25, 0.3) is 0 Å². The van der Waals surface area contributed by atoms with Crippen LogP contribution in [0.1, 0.15) is 27.2 Å². The molecule has 0 aromatic rings. The summed E-state index contributed by atoms with van der Waals surface area (Å²) in [6, 6.07) is 0.593. The average Bonchev–Trinajstić information content (AvgIpc) is 2.52.